The fraction of sp³-hybridized carbons (Fsp3) is 0.939. The van der Waals surface area contributed by atoms with Crippen molar-refractivity contribution < 1.29 is 18.8 Å². The highest BCUT2D eigenvalue weighted by Crippen LogP contribution is 2.67. The topological polar surface area (TPSA) is 55.8 Å². The first kappa shape index (κ1) is 32.3. The molecule has 0 aromatic rings. The molecule has 1 saturated heterocycles. The van der Waals surface area contributed by atoms with Crippen LogP contribution in [0.15, 0.2) is 0 Å². The van der Waals surface area contributed by atoms with Crippen LogP contribution < -0.4 is 0 Å². The fourth-order valence-corrected chi connectivity index (χ4v) is 13.2. The minimum atomic E-state index is -2.14. The third-order valence-corrected chi connectivity index (χ3v) is 23.4. The molecule has 0 spiro atoms. The van der Waals surface area contributed by atoms with Crippen molar-refractivity contribution in [3.8, 4) is 0 Å². The summed E-state index contributed by atoms with van der Waals surface area (Å²) in [5.74, 6) is 1.36. The molecule has 3 saturated carbocycles. The number of rotatable bonds is 5. The van der Waals surface area contributed by atoms with Gasteiger partial charge in [0.25, 0.3) is 0 Å². The molecule has 4 fully saturated rings. The lowest BCUT2D eigenvalue weighted by atomic mass is 9.45. The maximum Gasteiger partial charge on any atom is 0.309 e. The van der Waals surface area contributed by atoms with Gasteiger partial charge in [0.1, 0.15) is 0 Å². The molecule has 0 N–H and O–H groups in total. The largest absolute Gasteiger partial charge is 0.466 e. The summed E-state index contributed by atoms with van der Waals surface area (Å²) in [6, 6.07) is 0.121. The smallest absolute Gasteiger partial charge is 0.309 e. The van der Waals surface area contributed by atoms with Gasteiger partial charge in [-0.15, -0.1) is 0 Å². The second kappa shape index (κ2) is 10.2. The third-order valence-electron chi connectivity index (χ3n) is 13.5. The van der Waals surface area contributed by atoms with E-state index in [2.05, 4.69) is 86.1 Å². The first-order valence-electron chi connectivity index (χ1n) is 16.3. The van der Waals surface area contributed by atoms with Crippen molar-refractivity contribution in [3.63, 3.8) is 0 Å². The molecule has 230 valence electrons. The molecule has 1 amide bonds. The normalized spacial score (nSPS) is 38.9. The van der Waals surface area contributed by atoms with Crippen LogP contribution in [0, 0.1) is 34.5 Å². The van der Waals surface area contributed by atoms with Gasteiger partial charge in [-0.1, -0.05) is 68.5 Å². The van der Waals surface area contributed by atoms with Gasteiger partial charge < -0.3 is 13.7 Å². The van der Waals surface area contributed by atoms with E-state index in [0.29, 0.717) is 36.7 Å². The van der Waals surface area contributed by atoms with Crippen LogP contribution >= 0.6 is 0 Å². The number of ether oxygens (including phenoxy) is 1. The molecule has 0 aromatic carbocycles. The maximum atomic E-state index is 13.9. The van der Waals surface area contributed by atoms with Crippen molar-refractivity contribution >= 4 is 28.4 Å². The molecule has 0 bridgehead atoms. The molecule has 4 rings (SSSR count). The minimum absolute atomic E-state index is 0.0224. The molecule has 0 aromatic heterocycles. The van der Waals surface area contributed by atoms with Crippen LogP contribution in [0.4, 0.5) is 0 Å². The van der Waals surface area contributed by atoms with E-state index in [1.165, 1.54) is 0 Å². The van der Waals surface area contributed by atoms with Gasteiger partial charge in [-0.25, -0.2) is 0 Å². The van der Waals surface area contributed by atoms with Gasteiger partial charge >= 0.3 is 5.97 Å². The average Bonchev–Trinajstić information content (AvgIpc) is 3.13. The van der Waals surface area contributed by atoms with E-state index in [1.807, 2.05) is 6.92 Å². The second-order valence-corrected chi connectivity index (χ2v) is 27.3. The second-order valence-electron chi connectivity index (χ2n) is 17.5. The van der Waals surface area contributed by atoms with Gasteiger partial charge in [-0.3, -0.25) is 9.59 Å². The molecular weight excluding hydrogens is 531 g/mol. The van der Waals surface area contributed by atoms with Gasteiger partial charge in [0.15, 0.2) is 16.6 Å². The van der Waals surface area contributed by atoms with Gasteiger partial charge in [0, 0.05) is 12.5 Å². The third kappa shape index (κ3) is 4.90. The van der Waals surface area contributed by atoms with E-state index in [-0.39, 0.29) is 44.9 Å². The van der Waals surface area contributed by atoms with Crippen LogP contribution in [0.3, 0.4) is 0 Å². The first-order chi connectivity index (χ1) is 18.1. The molecule has 3 aliphatic carbocycles. The van der Waals surface area contributed by atoms with Crippen molar-refractivity contribution in [1.82, 2.24) is 4.57 Å². The molecule has 7 heteroatoms. The Bertz CT molecular complexity index is 997. The molecule has 0 unspecified atom stereocenters. The van der Waals surface area contributed by atoms with Gasteiger partial charge in [0.2, 0.25) is 5.91 Å². The maximum absolute atomic E-state index is 13.9. The zero-order valence-electron chi connectivity index (χ0n) is 28.2. The Morgan fingerprint density at radius 1 is 0.925 bits per heavy atom. The zero-order chi connectivity index (χ0) is 30.3. The van der Waals surface area contributed by atoms with E-state index >= 15 is 0 Å². The number of esters is 1. The SMILES string of the molecule is CCOC(=O)[C@H]1C[C@H]2N([Si](C)(C)C(C)(C)C)C(=O)CC[C@]2(C)[C@H]2CC[C@]3(C)[C@@H](O[Si](C)(C)C(C)(C)C)CC[C@H]3[C@H]12. The summed E-state index contributed by atoms with van der Waals surface area (Å²) in [5, 5.41) is 0.238. The van der Waals surface area contributed by atoms with E-state index in [4.69, 9.17) is 9.16 Å². The number of amides is 1. The molecule has 8 atom stereocenters. The van der Waals surface area contributed by atoms with Crippen LogP contribution in [0.25, 0.3) is 0 Å². The summed E-state index contributed by atoms with van der Waals surface area (Å²) in [6.45, 7) is 30.8. The summed E-state index contributed by atoms with van der Waals surface area (Å²) in [6.07, 6.45) is 7.14. The quantitative estimate of drug-likeness (QED) is 0.238. The average molecular weight is 592 g/mol. The Hall–Kier alpha value is -0.666. The number of carbonyl (C=O) groups is 2. The van der Waals surface area contributed by atoms with Crippen molar-refractivity contribution in [1.29, 1.82) is 0 Å². The summed E-state index contributed by atoms with van der Waals surface area (Å²) >= 11 is 0. The van der Waals surface area contributed by atoms with Crippen LogP contribution in [0.5, 0.6) is 0 Å². The standard InChI is InChI=1S/C33H61NO4Si2/c1-14-37-29(36)22-21-25-32(8,20-18-27(35)34(25)39(10,11)30(2,3)4)24-17-19-33(9)23(28(22)24)15-16-26(33)38-40(12,13)31(5,6)7/h22-26,28H,14-21H2,1-13H3/t22-,23-,24-,25+,26-,28-,32+,33-/m0/s1. The minimum Gasteiger partial charge on any atom is -0.466 e. The van der Waals surface area contributed by atoms with E-state index in [9.17, 15) is 9.59 Å². The van der Waals surface area contributed by atoms with Crippen LogP contribution in [-0.2, 0) is 18.8 Å². The van der Waals surface area contributed by atoms with Crippen molar-refractivity contribution in [2.75, 3.05) is 6.61 Å². The molecular formula is C33H61NO4Si2. The predicted molar refractivity (Wildman–Crippen MR) is 169 cm³/mol. The Labute approximate surface area is 248 Å². The van der Waals surface area contributed by atoms with Crippen LogP contribution in [-0.4, -0.2) is 51.7 Å². The van der Waals surface area contributed by atoms with Gasteiger partial charge in [-0.2, -0.15) is 0 Å². The number of hydrogen-bond acceptors (Lipinski definition) is 4. The Morgan fingerprint density at radius 3 is 2.08 bits per heavy atom. The molecule has 40 heavy (non-hydrogen) atoms. The highest BCUT2D eigenvalue weighted by atomic mass is 28.4. The number of nitrogens with zero attached hydrogens (tertiary/aromatic N) is 1. The molecule has 0 radical (unpaired) electrons. The number of hydrogen-bond donors (Lipinski definition) is 0. The summed E-state index contributed by atoms with van der Waals surface area (Å²) in [5.41, 5.74) is 0.130. The van der Waals surface area contributed by atoms with Crippen LogP contribution in [0.2, 0.25) is 36.3 Å². The zero-order valence-corrected chi connectivity index (χ0v) is 30.2. The van der Waals surface area contributed by atoms with Crippen LogP contribution in [0.1, 0.15) is 107 Å². The van der Waals surface area contributed by atoms with E-state index in [0.717, 1.165) is 38.5 Å². The molecule has 4 aliphatic rings. The number of carbonyl (C=O) groups excluding carboxylic acids is 2. The lowest BCUT2D eigenvalue weighted by Crippen LogP contribution is -2.71. The Kier molecular flexibility index (Phi) is 8.23. The Morgan fingerprint density at radius 2 is 1.52 bits per heavy atom. The van der Waals surface area contributed by atoms with Gasteiger partial charge in [-0.05, 0) is 97.2 Å². The van der Waals surface area contributed by atoms with Crippen molar-refractivity contribution in [2.45, 2.75) is 156 Å². The lowest BCUT2D eigenvalue weighted by Gasteiger charge is -2.66. The van der Waals surface area contributed by atoms with E-state index in [1.54, 1.807) is 0 Å². The summed E-state index contributed by atoms with van der Waals surface area (Å²) < 4.78 is 15.4. The number of fused-ring (bicyclic) bond motifs is 5. The summed E-state index contributed by atoms with van der Waals surface area (Å²) in [4.78, 5) is 27.6. The van der Waals surface area contributed by atoms with E-state index < -0.39 is 16.6 Å². The van der Waals surface area contributed by atoms with Gasteiger partial charge in [0.05, 0.1) is 18.6 Å². The van der Waals surface area contributed by atoms with Crippen molar-refractivity contribution in [2.24, 2.45) is 34.5 Å². The summed E-state index contributed by atoms with van der Waals surface area (Å²) in [7, 11) is -4.06. The Balaban J connectivity index is 1.76. The molecule has 1 heterocycles. The predicted octanol–water partition coefficient (Wildman–Crippen LogP) is 8.40. The van der Waals surface area contributed by atoms with Crippen molar-refractivity contribution in [3.05, 3.63) is 0 Å². The molecule has 5 nitrogen and oxygen atoms in total. The number of piperidine rings is 1. The highest BCUT2D eigenvalue weighted by molar-refractivity contribution is 6.79. The lowest BCUT2D eigenvalue weighted by molar-refractivity contribution is -0.181. The first-order valence-corrected chi connectivity index (χ1v) is 22.2. The fourth-order valence-electron chi connectivity index (χ4n) is 9.11. The monoisotopic (exact) mass is 591 g/mol. The molecule has 1 aliphatic heterocycles. The highest BCUT2D eigenvalue weighted by Gasteiger charge is 2.67.